The van der Waals surface area contributed by atoms with Crippen LogP contribution in [0.25, 0.3) is 10.9 Å². The van der Waals surface area contributed by atoms with Crippen LogP contribution >= 0.6 is 11.6 Å². The van der Waals surface area contributed by atoms with Gasteiger partial charge in [0.25, 0.3) is 20.0 Å². The van der Waals surface area contributed by atoms with E-state index in [1.807, 2.05) is 0 Å². The molecule has 11 heteroatoms. The van der Waals surface area contributed by atoms with Gasteiger partial charge in [-0.2, -0.15) is 9.57 Å². The van der Waals surface area contributed by atoms with Crippen molar-refractivity contribution in [3.05, 3.63) is 59.6 Å². The van der Waals surface area contributed by atoms with Crippen LogP contribution in [0.3, 0.4) is 0 Å². The van der Waals surface area contributed by atoms with Crippen molar-refractivity contribution in [3.8, 4) is 6.07 Å². The molecule has 1 atom stereocenters. The molecule has 1 saturated heterocycles. The van der Waals surface area contributed by atoms with Crippen LogP contribution in [0.1, 0.15) is 12.8 Å². The van der Waals surface area contributed by atoms with Gasteiger partial charge in [0, 0.05) is 42.5 Å². The first-order chi connectivity index (χ1) is 15.2. The van der Waals surface area contributed by atoms with E-state index in [0.29, 0.717) is 29.8 Å². The van der Waals surface area contributed by atoms with Crippen LogP contribution < -0.4 is 5.32 Å². The zero-order valence-corrected chi connectivity index (χ0v) is 19.4. The molecule has 0 saturated carbocycles. The molecule has 0 amide bonds. The first kappa shape index (κ1) is 22.8. The van der Waals surface area contributed by atoms with Gasteiger partial charge in [-0.05, 0) is 42.8 Å². The van der Waals surface area contributed by atoms with Crippen LogP contribution in [0.15, 0.2) is 64.5 Å². The maximum atomic E-state index is 13.7. The predicted octanol–water partition coefficient (Wildman–Crippen LogP) is 2.80. The summed E-state index contributed by atoms with van der Waals surface area (Å²) in [5.41, 5.74) is 0.230. The van der Waals surface area contributed by atoms with E-state index in [-0.39, 0.29) is 34.6 Å². The van der Waals surface area contributed by atoms with Crippen LogP contribution in [0.4, 0.5) is 0 Å². The van der Waals surface area contributed by atoms with Gasteiger partial charge in [-0.1, -0.05) is 29.8 Å². The number of fused-ring (bicyclic) bond motifs is 1. The monoisotopic (exact) mass is 492 g/mol. The number of benzene rings is 2. The number of nitrogens with one attached hydrogen (secondary N) is 1. The topological polar surface area (TPSA) is 112 Å². The maximum absolute atomic E-state index is 13.7. The Labute approximate surface area is 192 Å². The van der Waals surface area contributed by atoms with Crippen LogP contribution in [-0.2, 0) is 20.0 Å². The second-order valence-corrected chi connectivity index (χ2v) is 11.6. The Bertz CT molecular complexity index is 1400. The summed E-state index contributed by atoms with van der Waals surface area (Å²) in [6.07, 6.45) is 0.802. The highest BCUT2D eigenvalue weighted by molar-refractivity contribution is 7.92. The molecule has 1 aromatic heterocycles. The van der Waals surface area contributed by atoms with Gasteiger partial charge in [-0.15, -0.1) is 0 Å². The Morgan fingerprint density at radius 2 is 1.81 bits per heavy atom. The van der Waals surface area contributed by atoms with E-state index in [1.165, 1.54) is 34.6 Å². The van der Waals surface area contributed by atoms with Gasteiger partial charge in [0.15, 0.2) is 5.03 Å². The Kier molecular flexibility index (Phi) is 6.29. The standard InChI is InChI=1S/C21H21ClN4O4S2/c22-17-8-9-20-16(13-17)14-21(26(20)31(27,28)19-6-2-1-3-7-19)32(29,30)25-12-11-24-18(15-25)5-4-10-23/h1-3,6-9,13-14,18,24H,4-5,11-12,15H2. The van der Waals surface area contributed by atoms with Gasteiger partial charge < -0.3 is 5.32 Å². The Balaban J connectivity index is 1.87. The number of halogens is 1. The largest absolute Gasteiger partial charge is 0.311 e. The van der Waals surface area contributed by atoms with Crippen LogP contribution in [-0.4, -0.2) is 50.8 Å². The van der Waals surface area contributed by atoms with Gasteiger partial charge in [-0.25, -0.2) is 20.8 Å². The summed E-state index contributed by atoms with van der Waals surface area (Å²) in [6.45, 7) is 0.754. The van der Waals surface area contributed by atoms with E-state index in [4.69, 9.17) is 16.9 Å². The molecule has 1 unspecified atom stereocenters. The minimum atomic E-state index is -4.21. The van der Waals surface area contributed by atoms with Crippen molar-refractivity contribution >= 4 is 42.6 Å². The molecular formula is C21H21ClN4O4S2. The molecule has 168 valence electrons. The second-order valence-electron chi connectivity index (χ2n) is 7.48. The number of nitrogens with zero attached hydrogens (tertiary/aromatic N) is 3. The normalized spacial score (nSPS) is 17.9. The lowest BCUT2D eigenvalue weighted by Gasteiger charge is -2.32. The van der Waals surface area contributed by atoms with E-state index < -0.39 is 20.0 Å². The Hall–Kier alpha value is -2.42. The summed E-state index contributed by atoms with van der Waals surface area (Å²) >= 11 is 6.09. The van der Waals surface area contributed by atoms with Crippen molar-refractivity contribution < 1.29 is 16.8 Å². The molecule has 1 aliphatic heterocycles. The smallest absolute Gasteiger partial charge is 0.269 e. The van der Waals surface area contributed by atoms with Crippen molar-refractivity contribution in [1.29, 1.82) is 5.26 Å². The second kappa shape index (κ2) is 8.84. The summed E-state index contributed by atoms with van der Waals surface area (Å²) in [5, 5.41) is 12.5. The third-order valence-electron chi connectivity index (χ3n) is 5.40. The van der Waals surface area contributed by atoms with Crippen molar-refractivity contribution in [2.45, 2.75) is 28.8 Å². The zero-order valence-electron chi connectivity index (χ0n) is 17.0. The number of piperazine rings is 1. The molecule has 32 heavy (non-hydrogen) atoms. The van der Waals surface area contributed by atoms with Gasteiger partial charge in [-0.3, -0.25) is 0 Å². The number of aromatic nitrogens is 1. The average Bonchev–Trinajstić information content (AvgIpc) is 3.18. The fourth-order valence-electron chi connectivity index (χ4n) is 3.84. The highest BCUT2D eigenvalue weighted by Crippen LogP contribution is 2.32. The molecule has 1 N–H and O–H groups in total. The number of nitriles is 1. The molecule has 0 aliphatic carbocycles. The number of hydrogen-bond donors (Lipinski definition) is 1. The van der Waals surface area contributed by atoms with Gasteiger partial charge in [0.05, 0.1) is 16.5 Å². The van der Waals surface area contributed by atoms with Gasteiger partial charge in [0.2, 0.25) is 0 Å². The van der Waals surface area contributed by atoms with Crippen molar-refractivity contribution in [2.75, 3.05) is 19.6 Å². The highest BCUT2D eigenvalue weighted by atomic mass is 35.5. The number of rotatable bonds is 6. The lowest BCUT2D eigenvalue weighted by atomic mass is 10.1. The average molecular weight is 493 g/mol. The van der Waals surface area contributed by atoms with Gasteiger partial charge in [0.1, 0.15) is 0 Å². The van der Waals surface area contributed by atoms with Crippen LogP contribution in [0.2, 0.25) is 5.02 Å². The SMILES string of the molecule is N#CCCC1CN(S(=O)(=O)c2cc3cc(Cl)ccc3n2S(=O)(=O)c2ccccc2)CCN1. The molecule has 2 heterocycles. The molecule has 3 aromatic rings. The number of sulfonamides is 1. The quantitative estimate of drug-likeness (QED) is 0.566. The molecular weight excluding hydrogens is 472 g/mol. The zero-order chi connectivity index (χ0) is 22.9. The van der Waals surface area contributed by atoms with Crippen LogP contribution in [0.5, 0.6) is 0 Å². The lowest BCUT2D eigenvalue weighted by molar-refractivity contribution is 0.289. The third kappa shape index (κ3) is 4.14. The van der Waals surface area contributed by atoms with Crippen molar-refractivity contribution in [1.82, 2.24) is 13.6 Å². The molecule has 0 bridgehead atoms. The lowest BCUT2D eigenvalue weighted by Crippen LogP contribution is -2.52. The summed E-state index contributed by atoms with van der Waals surface area (Å²) in [7, 11) is -8.37. The molecule has 1 aliphatic rings. The molecule has 0 radical (unpaired) electrons. The minimum absolute atomic E-state index is 0.0175. The maximum Gasteiger partial charge on any atom is 0.269 e. The third-order valence-corrected chi connectivity index (χ3v) is 9.33. The molecule has 4 rings (SSSR count). The summed E-state index contributed by atoms with van der Waals surface area (Å²) in [6, 6.07) is 15.5. The Morgan fingerprint density at radius 1 is 1.06 bits per heavy atom. The fraction of sp³-hybridized carbons (Fsp3) is 0.286. The van der Waals surface area contributed by atoms with E-state index in [1.54, 1.807) is 24.3 Å². The first-order valence-corrected chi connectivity index (χ1v) is 13.2. The number of hydrogen-bond acceptors (Lipinski definition) is 6. The summed E-state index contributed by atoms with van der Waals surface area (Å²) in [5.74, 6) is 0. The molecule has 0 spiro atoms. The predicted molar refractivity (Wildman–Crippen MR) is 121 cm³/mol. The molecule has 8 nitrogen and oxygen atoms in total. The van der Waals surface area contributed by atoms with Gasteiger partial charge >= 0.3 is 0 Å². The summed E-state index contributed by atoms with van der Waals surface area (Å²) < 4.78 is 56.6. The van der Waals surface area contributed by atoms with Crippen LogP contribution in [0, 0.1) is 11.3 Å². The van der Waals surface area contributed by atoms with Crippen molar-refractivity contribution in [3.63, 3.8) is 0 Å². The molecule has 2 aromatic carbocycles. The fourth-order valence-corrected chi connectivity index (χ4v) is 7.58. The molecule has 1 fully saturated rings. The summed E-state index contributed by atoms with van der Waals surface area (Å²) in [4.78, 5) is -0.0175. The van der Waals surface area contributed by atoms with E-state index in [2.05, 4.69) is 11.4 Å². The van der Waals surface area contributed by atoms with E-state index in [9.17, 15) is 16.8 Å². The van der Waals surface area contributed by atoms with E-state index >= 15 is 0 Å². The first-order valence-electron chi connectivity index (χ1n) is 9.97. The Morgan fingerprint density at radius 3 is 2.53 bits per heavy atom. The van der Waals surface area contributed by atoms with Crippen molar-refractivity contribution in [2.24, 2.45) is 0 Å². The highest BCUT2D eigenvalue weighted by Gasteiger charge is 2.36. The minimum Gasteiger partial charge on any atom is -0.311 e. The van der Waals surface area contributed by atoms with E-state index in [0.717, 1.165) is 3.97 Å².